The Morgan fingerprint density at radius 2 is 1.64 bits per heavy atom. The Labute approximate surface area is 257 Å². The lowest BCUT2D eigenvalue weighted by Crippen LogP contribution is -2.28. The lowest BCUT2D eigenvalue weighted by Gasteiger charge is -2.24. The van der Waals surface area contributed by atoms with Crippen LogP contribution in [0.5, 0.6) is 11.5 Å². The molecule has 0 radical (unpaired) electrons. The third-order valence-corrected chi connectivity index (χ3v) is 11.3. The molecule has 3 aromatic carbocycles. The van der Waals surface area contributed by atoms with Crippen molar-refractivity contribution in [3.05, 3.63) is 77.4 Å². The summed E-state index contributed by atoms with van der Waals surface area (Å²) in [6.07, 6.45) is 8.18. The van der Waals surface area contributed by atoms with E-state index in [0.717, 1.165) is 77.6 Å². The summed E-state index contributed by atoms with van der Waals surface area (Å²) >= 11 is 0. The van der Waals surface area contributed by atoms with E-state index in [9.17, 15) is 18.3 Å². The van der Waals surface area contributed by atoms with Crippen LogP contribution in [0.25, 0.3) is 33.8 Å². The van der Waals surface area contributed by atoms with Crippen LogP contribution in [0.15, 0.2) is 65.6 Å². The standard InChI is InChI=1S/C35H36N2O6S/c1-42-26-13-15-29-24(20-26)19-25(28-11-5-6-12-32(28)44(40,41)36-17-7-8-18-36)22-37-31-21-27(43-35(38)39)14-16-30(31)33(34(29)37)23-9-3-2-4-10-23/h5-6,11-16,19-21,23H,2-4,7-10,17-18,22H2,1H3,(H,38,39). The van der Waals surface area contributed by atoms with Gasteiger partial charge in [0.05, 0.1) is 23.2 Å². The molecule has 0 unspecified atom stereocenters. The van der Waals surface area contributed by atoms with Crippen molar-refractivity contribution >= 4 is 38.7 Å². The van der Waals surface area contributed by atoms with E-state index in [4.69, 9.17) is 9.47 Å². The average Bonchev–Trinajstić information content (AvgIpc) is 3.65. The minimum Gasteiger partial charge on any atom is -0.497 e. The summed E-state index contributed by atoms with van der Waals surface area (Å²) in [7, 11) is -2.05. The second kappa shape index (κ2) is 11.4. The third kappa shape index (κ3) is 4.98. The van der Waals surface area contributed by atoms with Gasteiger partial charge in [-0.15, -0.1) is 0 Å². The Morgan fingerprint density at radius 1 is 0.886 bits per heavy atom. The van der Waals surface area contributed by atoms with Gasteiger partial charge < -0.3 is 19.1 Å². The van der Waals surface area contributed by atoms with Crippen LogP contribution in [0.4, 0.5) is 4.79 Å². The number of nitrogens with zero attached hydrogens (tertiary/aromatic N) is 2. The molecule has 1 N–H and O–H groups in total. The highest BCUT2D eigenvalue weighted by atomic mass is 32.2. The van der Waals surface area contributed by atoms with E-state index in [1.807, 2.05) is 30.3 Å². The third-order valence-electron chi connectivity index (χ3n) is 9.38. The topological polar surface area (TPSA) is 98.1 Å². The molecule has 4 aromatic rings. The number of methoxy groups -OCH3 is 1. The summed E-state index contributed by atoms with van der Waals surface area (Å²) in [6.45, 7) is 1.46. The summed E-state index contributed by atoms with van der Waals surface area (Å²) in [5, 5.41) is 10.5. The monoisotopic (exact) mass is 612 g/mol. The van der Waals surface area contributed by atoms with Gasteiger partial charge in [0, 0.05) is 36.7 Å². The Kier molecular flexibility index (Phi) is 7.46. The van der Waals surface area contributed by atoms with Crippen molar-refractivity contribution in [3.63, 3.8) is 0 Å². The van der Waals surface area contributed by atoms with Gasteiger partial charge in [-0.3, -0.25) is 0 Å². The Hall–Kier alpha value is -4.08. The van der Waals surface area contributed by atoms with Crippen molar-refractivity contribution in [2.45, 2.75) is 62.3 Å². The fourth-order valence-electron chi connectivity index (χ4n) is 7.37. The number of carbonyl (C=O) groups is 1. The molecule has 1 aliphatic carbocycles. The van der Waals surface area contributed by atoms with Crippen molar-refractivity contribution in [2.24, 2.45) is 0 Å². The maximum Gasteiger partial charge on any atom is 0.511 e. The number of sulfonamides is 1. The van der Waals surface area contributed by atoms with Gasteiger partial charge in [-0.05, 0) is 96.3 Å². The van der Waals surface area contributed by atoms with Gasteiger partial charge in [0.1, 0.15) is 11.5 Å². The van der Waals surface area contributed by atoms with Crippen molar-refractivity contribution in [1.82, 2.24) is 8.87 Å². The van der Waals surface area contributed by atoms with E-state index in [1.54, 1.807) is 35.7 Å². The first-order valence-corrected chi connectivity index (χ1v) is 16.8. The Balaban J connectivity index is 1.50. The fourth-order valence-corrected chi connectivity index (χ4v) is 9.12. The van der Waals surface area contributed by atoms with Crippen molar-refractivity contribution in [2.75, 3.05) is 20.2 Å². The van der Waals surface area contributed by atoms with Crippen molar-refractivity contribution in [3.8, 4) is 22.8 Å². The molecule has 44 heavy (non-hydrogen) atoms. The fraction of sp³-hybridized carbons (Fsp3) is 0.343. The summed E-state index contributed by atoms with van der Waals surface area (Å²) < 4.78 is 42.5. The van der Waals surface area contributed by atoms with E-state index in [-0.39, 0.29) is 5.75 Å². The highest BCUT2D eigenvalue weighted by molar-refractivity contribution is 7.89. The van der Waals surface area contributed by atoms with E-state index >= 15 is 0 Å². The van der Waals surface area contributed by atoms with Crippen LogP contribution in [-0.4, -0.2) is 48.8 Å². The maximum atomic E-state index is 13.9. The van der Waals surface area contributed by atoms with Crippen LogP contribution >= 0.6 is 0 Å². The molecular weight excluding hydrogens is 576 g/mol. The second-order valence-electron chi connectivity index (χ2n) is 12.0. The van der Waals surface area contributed by atoms with Crippen LogP contribution in [0, 0.1) is 0 Å². The van der Waals surface area contributed by atoms with Crippen LogP contribution in [0.3, 0.4) is 0 Å². The number of ether oxygens (including phenoxy) is 2. The Bertz CT molecular complexity index is 1900. The average molecular weight is 613 g/mol. The zero-order valence-corrected chi connectivity index (χ0v) is 25.6. The number of carboxylic acid groups (broad SMARTS) is 1. The molecule has 3 aliphatic rings. The van der Waals surface area contributed by atoms with Gasteiger partial charge in [0.15, 0.2) is 0 Å². The van der Waals surface area contributed by atoms with Gasteiger partial charge in [0.25, 0.3) is 0 Å². The molecule has 0 amide bonds. The SMILES string of the molecule is COc1ccc2c(c1)C=C(c1ccccc1S(=O)(=O)N1CCCC1)Cn1c-2c(C2CCCCC2)c2ccc(OC(=O)O)cc21. The zero-order valence-electron chi connectivity index (χ0n) is 24.8. The molecular formula is C35H36N2O6S. The minimum atomic E-state index is -3.70. The molecule has 7 rings (SSSR count). The summed E-state index contributed by atoms with van der Waals surface area (Å²) in [5.74, 6) is 1.33. The highest BCUT2D eigenvalue weighted by Gasteiger charge is 2.33. The number of fused-ring (bicyclic) bond motifs is 5. The number of benzene rings is 3. The number of allylic oxidation sites excluding steroid dienone is 1. The quantitative estimate of drug-likeness (QED) is 0.177. The molecule has 228 valence electrons. The molecule has 0 spiro atoms. The molecule has 1 saturated carbocycles. The van der Waals surface area contributed by atoms with Crippen LogP contribution in [-0.2, 0) is 16.6 Å². The molecule has 9 heteroatoms. The van der Waals surface area contributed by atoms with Gasteiger partial charge >= 0.3 is 6.16 Å². The summed E-state index contributed by atoms with van der Waals surface area (Å²) in [4.78, 5) is 11.8. The predicted octanol–water partition coefficient (Wildman–Crippen LogP) is 7.76. The number of hydrogen-bond acceptors (Lipinski definition) is 5. The molecule has 3 heterocycles. The number of rotatable bonds is 6. The van der Waals surface area contributed by atoms with Crippen LogP contribution < -0.4 is 9.47 Å². The predicted molar refractivity (Wildman–Crippen MR) is 171 cm³/mol. The zero-order chi connectivity index (χ0) is 30.4. The smallest absolute Gasteiger partial charge is 0.497 e. The van der Waals surface area contributed by atoms with E-state index in [1.165, 1.54) is 12.0 Å². The molecule has 0 bridgehead atoms. The lowest BCUT2D eigenvalue weighted by atomic mass is 9.81. The Morgan fingerprint density at radius 3 is 2.39 bits per heavy atom. The molecule has 1 aromatic heterocycles. The number of aromatic nitrogens is 1. The molecule has 0 atom stereocenters. The summed E-state index contributed by atoms with van der Waals surface area (Å²) in [6, 6.07) is 18.9. The first-order chi connectivity index (χ1) is 21.3. The second-order valence-corrected chi connectivity index (χ2v) is 13.9. The molecule has 2 aliphatic heterocycles. The summed E-state index contributed by atoms with van der Waals surface area (Å²) in [5.41, 5.74) is 6.73. The number of hydrogen-bond donors (Lipinski definition) is 1. The molecule has 2 fully saturated rings. The van der Waals surface area contributed by atoms with E-state index in [2.05, 4.69) is 16.7 Å². The maximum absolute atomic E-state index is 13.9. The van der Waals surface area contributed by atoms with E-state index in [0.29, 0.717) is 36.0 Å². The normalized spacial score (nSPS) is 17.5. The van der Waals surface area contributed by atoms with Gasteiger partial charge in [0.2, 0.25) is 10.0 Å². The van der Waals surface area contributed by atoms with E-state index < -0.39 is 16.2 Å². The van der Waals surface area contributed by atoms with Crippen LogP contribution in [0.1, 0.15) is 67.6 Å². The lowest BCUT2D eigenvalue weighted by molar-refractivity contribution is 0.144. The van der Waals surface area contributed by atoms with Crippen LogP contribution in [0.2, 0.25) is 0 Å². The minimum absolute atomic E-state index is 0.252. The van der Waals surface area contributed by atoms with Gasteiger partial charge in [-0.2, -0.15) is 4.31 Å². The molecule has 8 nitrogen and oxygen atoms in total. The highest BCUT2D eigenvalue weighted by Crippen LogP contribution is 2.48. The molecule has 1 saturated heterocycles. The van der Waals surface area contributed by atoms with Gasteiger partial charge in [-0.1, -0.05) is 37.5 Å². The largest absolute Gasteiger partial charge is 0.511 e. The van der Waals surface area contributed by atoms with Crippen molar-refractivity contribution < 1.29 is 27.8 Å². The first-order valence-electron chi connectivity index (χ1n) is 15.4. The van der Waals surface area contributed by atoms with Crippen molar-refractivity contribution in [1.29, 1.82) is 0 Å². The van der Waals surface area contributed by atoms with Gasteiger partial charge in [-0.25, -0.2) is 13.2 Å². The first kappa shape index (κ1) is 28.7.